The van der Waals surface area contributed by atoms with Crippen LogP contribution < -0.4 is 10.6 Å². The number of benzene rings is 2. The summed E-state index contributed by atoms with van der Waals surface area (Å²) in [7, 11) is 0. The van der Waals surface area contributed by atoms with Crippen LogP contribution in [0.1, 0.15) is 10.4 Å². The summed E-state index contributed by atoms with van der Waals surface area (Å²) in [5, 5.41) is 7.08. The van der Waals surface area contributed by atoms with Gasteiger partial charge in [-0.25, -0.2) is 4.98 Å². The average Bonchev–Trinajstić information content (AvgIpc) is 2.91. The van der Waals surface area contributed by atoms with E-state index in [0.29, 0.717) is 26.3 Å². The van der Waals surface area contributed by atoms with Gasteiger partial charge >= 0.3 is 0 Å². The molecule has 0 spiro atoms. The highest BCUT2D eigenvalue weighted by molar-refractivity contribution is 7.80. The van der Waals surface area contributed by atoms with Gasteiger partial charge in [-0.2, -0.15) is 0 Å². The van der Waals surface area contributed by atoms with Crippen molar-refractivity contribution in [2.45, 2.75) is 0 Å². The number of halogens is 2. The van der Waals surface area contributed by atoms with Crippen molar-refractivity contribution in [2.75, 3.05) is 5.32 Å². The van der Waals surface area contributed by atoms with Crippen LogP contribution in [0.4, 0.5) is 5.13 Å². The number of rotatable bonds is 2. The Kier molecular flexibility index (Phi) is 4.77. The molecule has 3 aromatic rings. The summed E-state index contributed by atoms with van der Waals surface area (Å²) in [5.74, 6) is -0.382. The van der Waals surface area contributed by atoms with Gasteiger partial charge in [0.2, 0.25) is 0 Å². The molecule has 1 heterocycles. The molecule has 0 aliphatic heterocycles. The van der Waals surface area contributed by atoms with E-state index in [9.17, 15) is 4.79 Å². The van der Waals surface area contributed by atoms with E-state index < -0.39 is 0 Å². The van der Waals surface area contributed by atoms with Gasteiger partial charge < -0.3 is 5.32 Å². The lowest BCUT2D eigenvalue weighted by Crippen LogP contribution is -2.34. The molecule has 0 aliphatic carbocycles. The number of amides is 1. The number of aromatic nitrogens is 1. The van der Waals surface area contributed by atoms with Gasteiger partial charge in [0.05, 0.1) is 20.3 Å². The first-order valence-corrected chi connectivity index (χ1v) is 8.44. The second-order valence-electron chi connectivity index (χ2n) is 4.49. The zero-order valence-corrected chi connectivity index (χ0v) is 14.6. The highest BCUT2D eigenvalue weighted by Gasteiger charge is 2.13. The number of nitrogens with one attached hydrogen (secondary N) is 2. The van der Waals surface area contributed by atoms with E-state index in [4.69, 9.17) is 35.4 Å². The number of thiazole rings is 1. The van der Waals surface area contributed by atoms with E-state index in [2.05, 4.69) is 15.6 Å². The fourth-order valence-corrected chi connectivity index (χ4v) is 3.56. The second-order valence-corrected chi connectivity index (χ2v) is 6.75. The molecule has 2 N–H and O–H groups in total. The monoisotopic (exact) mass is 381 g/mol. The lowest BCUT2D eigenvalue weighted by molar-refractivity contribution is 0.0978. The first kappa shape index (κ1) is 16.1. The molecule has 1 aromatic heterocycles. The standard InChI is InChI=1S/C15H9Cl2N3OS2/c16-9-5-2-1-4-8(9)13(21)19-14(22)20-15-18-12-10(17)6-3-7-11(12)23-15/h1-7H,(H2,18,19,20,21,22). The Balaban J connectivity index is 1.72. The molecule has 1 amide bonds. The number of nitrogens with zero attached hydrogens (tertiary/aromatic N) is 1. The summed E-state index contributed by atoms with van der Waals surface area (Å²) in [6.07, 6.45) is 0. The van der Waals surface area contributed by atoms with Crippen LogP contribution in [0.3, 0.4) is 0 Å². The quantitative estimate of drug-likeness (QED) is 0.630. The van der Waals surface area contributed by atoms with Gasteiger partial charge in [0.25, 0.3) is 5.91 Å². The molecule has 4 nitrogen and oxygen atoms in total. The van der Waals surface area contributed by atoms with Gasteiger partial charge in [-0.3, -0.25) is 10.1 Å². The highest BCUT2D eigenvalue weighted by atomic mass is 35.5. The van der Waals surface area contributed by atoms with Gasteiger partial charge in [-0.15, -0.1) is 0 Å². The van der Waals surface area contributed by atoms with Crippen molar-refractivity contribution in [1.82, 2.24) is 10.3 Å². The van der Waals surface area contributed by atoms with Crippen LogP contribution in [0.25, 0.3) is 10.2 Å². The normalized spacial score (nSPS) is 10.5. The number of thiocarbonyl (C=S) groups is 1. The summed E-state index contributed by atoms with van der Waals surface area (Å²) in [6, 6.07) is 12.3. The molecule has 0 bridgehead atoms. The minimum atomic E-state index is -0.382. The molecular formula is C15H9Cl2N3OS2. The first-order valence-electron chi connectivity index (χ1n) is 6.46. The van der Waals surface area contributed by atoms with E-state index in [1.165, 1.54) is 11.3 Å². The number of hydrogen-bond acceptors (Lipinski definition) is 4. The van der Waals surface area contributed by atoms with E-state index >= 15 is 0 Å². The minimum absolute atomic E-state index is 0.144. The number of fused-ring (bicyclic) bond motifs is 1. The van der Waals surface area contributed by atoms with Crippen molar-refractivity contribution in [3.05, 3.63) is 58.1 Å². The molecule has 0 saturated heterocycles. The Bertz CT molecular complexity index is 911. The third-order valence-electron chi connectivity index (χ3n) is 2.94. The number of carbonyl (C=O) groups excluding carboxylic acids is 1. The number of hydrogen-bond donors (Lipinski definition) is 2. The maximum absolute atomic E-state index is 12.1. The minimum Gasteiger partial charge on any atom is -0.308 e. The molecular weight excluding hydrogens is 373 g/mol. The molecule has 0 fully saturated rings. The van der Waals surface area contributed by atoms with Crippen LogP contribution in [-0.2, 0) is 0 Å². The number of para-hydroxylation sites is 1. The Morgan fingerprint density at radius 3 is 2.57 bits per heavy atom. The molecule has 2 aromatic carbocycles. The SMILES string of the molecule is O=C(NC(=S)Nc1nc2c(Cl)cccc2s1)c1ccccc1Cl. The number of anilines is 1. The van der Waals surface area contributed by atoms with Crippen LogP contribution in [0.5, 0.6) is 0 Å². The van der Waals surface area contributed by atoms with Crippen molar-refractivity contribution in [2.24, 2.45) is 0 Å². The molecule has 0 saturated carbocycles. The maximum atomic E-state index is 12.1. The van der Waals surface area contributed by atoms with Gasteiger partial charge in [-0.1, -0.05) is 52.7 Å². The molecule has 0 aliphatic rings. The highest BCUT2D eigenvalue weighted by Crippen LogP contribution is 2.30. The molecule has 0 radical (unpaired) electrons. The van der Waals surface area contributed by atoms with Crippen molar-refractivity contribution in [3.8, 4) is 0 Å². The van der Waals surface area contributed by atoms with Gasteiger partial charge in [0.15, 0.2) is 10.2 Å². The lowest BCUT2D eigenvalue weighted by Gasteiger charge is -2.08. The van der Waals surface area contributed by atoms with E-state index in [1.54, 1.807) is 30.3 Å². The Morgan fingerprint density at radius 1 is 1.09 bits per heavy atom. The zero-order chi connectivity index (χ0) is 16.4. The van der Waals surface area contributed by atoms with Crippen LogP contribution in [-0.4, -0.2) is 16.0 Å². The topological polar surface area (TPSA) is 54.0 Å². The van der Waals surface area contributed by atoms with Crippen LogP contribution in [0.2, 0.25) is 10.0 Å². The van der Waals surface area contributed by atoms with Crippen LogP contribution in [0, 0.1) is 0 Å². The summed E-state index contributed by atoms with van der Waals surface area (Å²) >= 11 is 18.6. The Morgan fingerprint density at radius 2 is 1.83 bits per heavy atom. The molecule has 0 unspecified atom stereocenters. The first-order chi connectivity index (χ1) is 11.0. The summed E-state index contributed by atoms with van der Waals surface area (Å²) in [4.78, 5) is 16.5. The van der Waals surface area contributed by atoms with E-state index in [-0.39, 0.29) is 11.0 Å². The van der Waals surface area contributed by atoms with Crippen LogP contribution >= 0.6 is 46.8 Å². The molecule has 0 atom stereocenters. The lowest BCUT2D eigenvalue weighted by atomic mass is 10.2. The fraction of sp³-hybridized carbons (Fsp3) is 0. The number of carbonyl (C=O) groups is 1. The van der Waals surface area contributed by atoms with Gasteiger partial charge in [0.1, 0.15) is 5.52 Å². The smallest absolute Gasteiger partial charge is 0.258 e. The van der Waals surface area contributed by atoms with E-state index in [1.807, 2.05) is 12.1 Å². The zero-order valence-electron chi connectivity index (χ0n) is 11.5. The molecule has 3 rings (SSSR count). The second kappa shape index (κ2) is 6.80. The predicted octanol–water partition coefficient (Wildman–Crippen LogP) is 4.73. The molecule has 116 valence electrons. The maximum Gasteiger partial charge on any atom is 0.258 e. The largest absolute Gasteiger partial charge is 0.308 e. The van der Waals surface area contributed by atoms with Crippen LogP contribution in [0.15, 0.2) is 42.5 Å². The third kappa shape index (κ3) is 3.61. The van der Waals surface area contributed by atoms with E-state index in [0.717, 1.165) is 4.70 Å². The Hall–Kier alpha value is -1.73. The summed E-state index contributed by atoms with van der Waals surface area (Å²) in [6.45, 7) is 0. The summed E-state index contributed by atoms with van der Waals surface area (Å²) in [5.41, 5.74) is 1.05. The summed E-state index contributed by atoms with van der Waals surface area (Å²) < 4.78 is 0.931. The third-order valence-corrected chi connectivity index (χ3v) is 4.71. The van der Waals surface area contributed by atoms with Crippen molar-refractivity contribution in [1.29, 1.82) is 0 Å². The van der Waals surface area contributed by atoms with Crippen molar-refractivity contribution in [3.63, 3.8) is 0 Å². The fourth-order valence-electron chi connectivity index (χ4n) is 1.91. The van der Waals surface area contributed by atoms with Crippen molar-refractivity contribution < 1.29 is 4.79 Å². The predicted molar refractivity (Wildman–Crippen MR) is 99.8 cm³/mol. The molecule has 8 heteroatoms. The molecule has 23 heavy (non-hydrogen) atoms. The van der Waals surface area contributed by atoms with Gasteiger partial charge in [0, 0.05) is 0 Å². The average molecular weight is 382 g/mol. The van der Waals surface area contributed by atoms with Crippen molar-refractivity contribution >= 4 is 73.1 Å². The Labute approximate surface area is 151 Å². The van der Waals surface area contributed by atoms with Gasteiger partial charge in [-0.05, 0) is 36.5 Å².